The summed E-state index contributed by atoms with van der Waals surface area (Å²) in [5.74, 6) is 0.346. The van der Waals surface area contributed by atoms with Crippen molar-refractivity contribution in [1.29, 1.82) is 0 Å². The van der Waals surface area contributed by atoms with Crippen molar-refractivity contribution in [2.24, 2.45) is 0 Å². The molecule has 29 heavy (non-hydrogen) atoms. The third-order valence-electron chi connectivity index (χ3n) is 3.92. The van der Waals surface area contributed by atoms with Gasteiger partial charge in [0.05, 0.1) is 18.6 Å². The molecule has 6 nitrogen and oxygen atoms in total. The number of thiocarbonyl (C=S) groups is 1. The Hall–Kier alpha value is -2.55. The van der Waals surface area contributed by atoms with Crippen molar-refractivity contribution in [2.45, 2.75) is 6.92 Å². The van der Waals surface area contributed by atoms with Gasteiger partial charge in [0, 0.05) is 16.1 Å². The smallest absolute Gasteiger partial charge is 0.285 e. The number of halogens is 1. The first kappa shape index (κ1) is 21.2. The summed E-state index contributed by atoms with van der Waals surface area (Å²) in [5.41, 5.74) is 3.57. The van der Waals surface area contributed by atoms with E-state index in [1.54, 1.807) is 55.7 Å². The van der Waals surface area contributed by atoms with Crippen LogP contribution in [0.3, 0.4) is 0 Å². The van der Waals surface area contributed by atoms with Crippen molar-refractivity contribution in [3.8, 4) is 11.5 Å². The lowest BCUT2D eigenvalue weighted by Gasteiger charge is -2.15. The Bertz CT molecular complexity index is 992. The highest BCUT2D eigenvalue weighted by Crippen LogP contribution is 2.34. The minimum Gasteiger partial charge on any atom is -0.497 e. The van der Waals surface area contributed by atoms with E-state index < -0.39 is 11.8 Å². The maximum absolute atomic E-state index is 12.8. The van der Waals surface area contributed by atoms with Crippen LogP contribution < -0.4 is 14.9 Å². The molecule has 0 unspecified atom stereocenters. The maximum Gasteiger partial charge on any atom is 0.285 e. The molecule has 0 radical (unpaired) electrons. The van der Waals surface area contributed by atoms with E-state index in [0.717, 1.165) is 16.8 Å². The fourth-order valence-corrected chi connectivity index (χ4v) is 3.88. The quantitative estimate of drug-likeness (QED) is 0.525. The van der Waals surface area contributed by atoms with Crippen LogP contribution in [0.2, 0.25) is 5.02 Å². The number of ether oxygens (including phenoxy) is 2. The molecule has 0 aromatic heterocycles. The van der Waals surface area contributed by atoms with Crippen molar-refractivity contribution in [1.82, 2.24) is 10.4 Å². The van der Waals surface area contributed by atoms with Gasteiger partial charge < -0.3 is 9.47 Å². The Morgan fingerprint density at radius 2 is 2.00 bits per heavy atom. The molecule has 2 amide bonds. The van der Waals surface area contributed by atoms with Crippen LogP contribution in [0.25, 0.3) is 6.08 Å². The monoisotopic (exact) mass is 448 g/mol. The number of hydrazine groups is 1. The van der Waals surface area contributed by atoms with Crippen molar-refractivity contribution in [2.75, 3.05) is 13.7 Å². The van der Waals surface area contributed by atoms with Gasteiger partial charge in [-0.1, -0.05) is 23.4 Å². The zero-order valence-electron chi connectivity index (χ0n) is 15.6. The van der Waals surface area contributed by atoms with E-state index in [2.05, 4.69) is 5.43 Å². The van der Waals surface area contributed by atoms with Gasteiger partial charge in [0.25, 0.3) is 11.8 Å². The Kier molecular flexibility index (Phi) is 6.79. The molecule has 0 spiro atoms. The highest BCUT2D eigenvalue weighted by Gasteiger charge is 2.34. The molecule has 3 rings (SSSR count). The summed E-state index contributed by atoms with van der Waals surface area (Å²) in [5, 5.41) is 1.58. The third kappa shape index (κ3) is 4.90. The van der Waals surface area contributed by atoms with Gasteiger partial charge in [0.15, 0.2) is 4.32 Å². The summed E-state index contributed by atoms with van der Waals surface area (Å²) in [6, 6.07) is 11.7. The summed E-state index contributed by atoms with van der Waals surface area (Å²) in [4.78, 5) is 25.6. The lowest BCUT2D eigenvalue weighted by Crippen LogP contribution is -2.44. The number of hydrogen-bond acceptors (Lipinski definition) is 6. The summed E-state index contributed by atoms with van der Waals surface area (Å²) < 4.78 is 10.9. The largest absolute Gasteiger partial charge is 0.497 e. The molecule has 2 aromatic carbocycles. The Labute approximate surface area is 182 Å². The van der Waals surface area contributed by atoms with E-state index >= 15 is 0 Å². The lowest BCUT2D eigenvalue weighted by atomic mass is 10.2. The molecule has 1 aliphatic rings. The number of rotatable bonds is 6. The number of methoxy groups -OCH3 is 1. The number of amides is 2. The molecule has 1 aliphatic heterocycles. The average molecular weight is 449 g/mol. The zero-order valence-corrected chi connectivity index (χ0v) is 18.0. The van der Waals surface area contributed by atoms with Gasteiger partial charge in [-0.25, -0.2) is 0 Å². The average Bonchev–Trinajstić information content (AvgIpc) is 2.97. The van der Waals surface area contributed by atoms with Crippen LogP contribution in [-0.4, -0.2) is 34.9 Å². The molecule has 0 saturated carbocycles. The summed E-state index contributed by atoms with van der Waals surface area (Å²) in [7, 11) is 1.54. The molecule has 1 saturated heterocycles. The Balaban J connectivity index is 1.80. The van der Waals surface area contributed by atoms with Gasteiger partial charge in [0.2, 0.25) is 0 Å². The minimum atomic E-state index is -0.456. The van der Waals surface area contributed by atoms with Crippen molar-refractivity contribution < 1.29 is 19.1 Å². The van der Waals surface area contributed by atoms with Crippen LogP contribution in [0.5, 0.6) is 11.5 Å². The summed E-state index contributed by atoms with van der Waals surface area (Å²) >= 11 is 12.4. The van der Waals surface area contributed by atoms with Crippen molar-refractivity contribution >= 4 is 57.8 Å². The molecule has 1 fully saturated rings. The lowest BCUT2D eigenvalue weighted by molar-refractivity contribution is -0.123. The molecule has 1 heterocycles. The number of nitrogens with one attached hydrogen (secondary N) is 1. The second kappa shape index (κ2) is 9.30. The number of carbonyl (C=O) groups is 2. The highest BCUT2D eigenvalue weighted by atomic mass is 35.5. The SMILES string of the molecule is CCOc1ccc(Cl)cc1/C=C1/SC(=S)N(NC(=O)c2ccc(OC)cc2)C1=O. The molecular formula is C20H17ClN2O4S2. The van der Waals surface area contributed by atoms with Crippen LogP contribution in [0.4, 0.5) is 0 Å². The molecule has 0 aliphatic carbocycles. The van der Waals surface area contributed by atoms with E-state index in [0.29, 0.717) is 39.2 Å². The number of thioether (sulfide) groups is 1. The zero-order chi connectivity index (χ0) is 21.0. The number of benzene rings is 2. The van der Waals surface area contributed by atoms with Gasteiger partial charge in [0.1, 0.15) is 11.5 Å². The molecule has 9 heteroatoms. The summed E-state index contributed by atoms with van der Waals surface area (Å²) in [6.45, 7) is 2.34. The van der Waals surface area contributed by atoms with Crippen LogP contribution in [0.1, 0.15) is 22.8 Å². The minimum absolute atomic E-state index is 0.225. The first-order valence-corrected chi connectivity index (χ1v) is 10.2. The number of carbonyl (C=O) groups excluding carboxylic acids is 2. The van der Waals surface area contributed by atoms with E-state index in [1.807, 2.05) is 6.92 Å². The Morgan fingerprint density at radius 3 is 2.66 bits per heavy atom. The second-order valence-electron chi connectivity index (χ2n) is 5.80. The fraction of sp³-hybridized carbons (Fsp3) is 0.150. The Morgan fingerprint density at radius 1 is 1.28 bits per heavy atom. The van der Waals surface area contributed by atoms with Gasteiger partial charge in [-0.3, -0.25) is 15.0 Å². The van der Waals surface area contributed by atoms with Gasteiger partial charge in [-0.15, -0.1) is 0 Å². The normalized spacial score (nSPS) is 15.0. The van der Waals surface area contributed by atoms with Crippen LogP contribution in [0.15, 0.2) is 47.4 Å². The first-order valence-electron chi connectivity index (χ1n) is 8.58. The maximum atomic E-state index is 12.8. The van der Waals surface area contributed by atoms with E-state index in [4.69, 9.17) is 33.3 Å². The van der Waals surface area contributed by atoms with E-state index in [-0.39, 0.29) is 4.32 Å². The molecular weight excluding hydrogens is 432 g/mol. The van der Waals surface area contributed by atoms with Gasteiger partial charge in [-0.05, 0) is 67.7 Å². The van der Waals surface area contributed by atoms with Gasteiger partial charge >= 0.3 is 0 Å². The second-order valence-corrected chi connectivity index (χ2v) is 7.91. The molecule has 0 atom stereocenters. The topological polar surface area (TPSA) is 67.9 Å². The van der Waals surface area contributed by atoms with Crippen molar-refractivity contribution in [3.63, 3.8) is 0 Å². The molecule has 150 valence electrons. The standard InChI is InChI=1S/C20H17ClN2O4S2/c1-3-27-16-9-6-14(21)10-13(16)11-17-19(25)23(20(28)29-17)22-18(24)12-4-7-15(26-2)8-5-12/h4-11H,3H2,1-2H3,(H,22,24)/b17-11+. The number of nitrogens with zero attached hydrogens (tertiary/aromatic N) is 1. The third-order valence-corrected chi connectivity index (χ3v) is 5.45. The van der Waals surface area contributed by atoms with Crippen LogP contribution in [-0.2, 0) is 4.79 Å². The highest BCUT2D eigenvalue weighted by molar-refractivity contribution is 8.26. The molecule has 0 bridgehead atoms. The fourth-order valence-electron chi connectivity index (χ4n) is 2.53. The van der Waals surface area contributed by atoms with E-state index in [1.165, 1.54) is 0 Å². The predicted molar refractivity (Wildman–Crippen MR) is 118 cm³/mol. The van der Waals surface area contributed by atoms with Crippen molar-refractivity contribution in [3.05, 3.63) is 63.5 Å². The van der Waals surface area contributed by atoms with Crippen LogP contribution in [0, 0.1) is 0 Å². The predicted octanol–water partition coefficient (Wildman–Crippen LogP) is 4.29. The van der Waals surface area contributed by atoms with Gasteiger partial charge in [-0.2, -0.15) is 5.01 Å². The number of hydrogen-bond donors (Lipinski definition) is 1. The molecule has 2 aromatic rings. The first-order chi connectivity index (χ1) is 13.9. The van der Waals surface area contributed by atoms with E-state index in [9.17, 15) is 9.59 Å². The summed E-state index contributed by atoms with van der Waals surface area (Å²) in [6.07, 6.45) is 1.65. The molecule has 1 N–H and O–H groups in total. The van der Waals surface area contributed by atoms with Crippen LogP contribution >= 0.6 is 35.6 Å².